The van der Waals surface area contributed by atoms with Crippen molar-refractivity contribution in [2.75, 3.05) is 48.8 Å². The van der Waals surface area contributed by atoms with Crippen molar-refractivity contribution >= 4 is 65.0 Å². The van der Waals surface area contributed by atoms with Crippen LogP contribution in [-0.2, 0) is 52.7 Å². The molecule has 23 nitrogen and oxygen atoms in total. The Morgan fingerprint density at radius 3 is 1.33 bits per heavy atom. The number of hydrogen-bond donors (Lipinski definition) is 6. The van der Waals surface area contributed by atoms with Crippen LogP contribution in [0.5, 0.6) is 0 Å². The Labute approximate surface area is 502 Å². The fourth-order valence-corrected chi connectivity index (χ4v) is 10.4. The molecule has 23 heteroatoms. The van der Waals surface area contributed by atoms with Crippen molar-refractivity contribution in [2.45, 2.75) is 223 Å². The third-order valence-electron chi connectivity index (χ3n) is 15.7. The molecule has 1 aliphatic rings. The lowest BCUT2D eigenvalue weighted by atomic mass is 9.92. The topological polar surface area (TPSA) is 288 Å². The maximum Gasteiger partial charge on any atom is 0.245 e. The van der Waals surface area contributed by atoms with Gasteiger partial charge in [-0.05, 0) is 101 Å². The molecule has 1 fully saturated rings. The summed E-state index contributed by atoms with van der Waals surface area (Å²) in [5.41, 5.74) is 0. The molecular weight excluding hydrogens is 1080 g/mol. The SMILES string of the molecule is C/C=C/C[C@@H](C)[C@@H](O)C1NC(=O)[C@H](C(C)C)N(C)C(=O)[C@H](CC(C)C)N(C)C(=O)[C@H](CC(C)C)N(C)C(=O)[C@@H](C)NC(=O)[C@H](C)NC(=O)[C@@H](CC(C)C)N(C)C(=O)[C@@H](C(C)C)NC(=O)[C@@H](CC(C)C)N(C)C(=O)CN(C)C(=O)[C@H](CC)NC1=O. The molecule has 0 radical (unpaired) electrons. The molecule has 6 N–H and O–H groups in total. The first-order chi connectivity index (χ1) is 38.8. The second kappa shape index (κ2) is 34.7. The number of carbonyl (C=O) groups excluding carboxylic acids is 11. The highest BCUT2D eigenvalue weighted by atomic mass is 16.3. The van der Waals surface area contributed by atoms with Gasteiger partial charge in [-0.1, -0.05) is 109 Å². The van der Waals surface area contributed by atoms with Gasteiger partial charge in [-0.25, -0.2) is 0 Å². The minimum absolute atomic E-state index is 0.0192. The molecule has 480 valence electrons. The zero-order chi connectivity index (χ0) is 65.1. The van der Waals surface area contributed by atoms with Gasteiger partial charge in [0.2, 0.25) is 65.0 Å². The summed E-state index contributed by atoms with van der Waals surface area (Å²) in [6, 6.07) is -12.4. The number of rotatable bonds is 15. The zero-order valence-corrected chi connectivity index (χ0v) is 55.1. The molecular formula is C61H109N11O12. The van der Waals surface area contributed by atoms with Gasteiger partial charge >= 0.3 is 0 Å². The van der Waals surface area contributed by atoms with Gasteiger partial charge in [-0.2, -0.15) is 0 Å². The first-order valence-electron chi connectivity index (χ1n) is 30.2. The number of carbonyl (C=O) groups is 11. The normalized spacial score (nSPS) is 27.0. The van der Waals surface area contributed by atoms with Crippen LogP contribution in [0.1, 0.15) is 156 Å². The van der Waals surface area contributed by atoms with E-state index in [2.05, 4.69) is 26.6 Å². The molecule has 0 bridgehead atoms. The molecule has 1 unspecified atom stereocenters. The molecule has 1 aliphatic heterocycles. The lowest BCUT2D eigenvalue weighted by Crippen LogP contribution is -2.63. The summed E-state index contributed by atoms with van der Waals surface area (Å²) < 4.78 is 0. The molecule has 0 aromatic rings. The second-order valence-corrected chi connectivity index (χ2v) is 25.7. The van der Waals surface area contributed by atoms with E-state index in [9.17, 15) is 57.8 Å². The highest BCUT2D eigenvalue weighted by Crippen LogP contribution is 2.24. The lowest BCUT2D eigenvalue weighted by Gasteiger charge is -2.40. The average Bonchev–Trinajstić information content (AvgIpc) is 3.53. The summed E-state index contributed by atoms with van der Waals surface area (Å²) in [5.74, 6) is -9.87. The van der Waals surface area contributed by atoms with Crippen molar-refractivity contribution in [3.05, 3.63) is 12.2 Å². The number of aliphatic hydroxyl groups is 1. The molecule has 0 aromatic carbocycles. The van der Waals surface area contributed by atoms with Crippen molar-refractivity contribution in [3.8, 4) is 0 Å². The number of nitrogens with one attached hydrogen (secondary N) is 5. The Morgan fingerprint density at radius 2 is 0.881 bits per heavy atom. The predicted octanol–water partition coefficient (Wildman–Crippen LogP) is 2.93. The molecule has 1 rings (SSSR count). The number of hydrogen-bond acceptors (Lipinski definition) is 12. The monoisotopic (exact) mass is 1190 g/mol. The Kier molecular flexibility index (Phi) is 31.4. The van der Waals surface area contributed by atoms with E-state index in [0.717, 1.165) is 4.90 Å². The molecule has 1 saturated heterocycles. The Hall–Kier alpha value is -6.13. The van der Waals surface area contributed by atoms with E-state index in [0.29, 0.717) is 6.42 Å². The minimum atomic E-state index is -1.66. The van der Waals surface area contributed by atoms with Crippen molar-refractivity contribution in [2.24, 2.45) is 41.4 Å². The molecule has 0 saturated carbocycles. The van der Waals surface area contributed by atoms with Gasteiger partial charge in [0.15, 0.2) is 0 Å². The summed E-state index contributed by atoms with van der Waals surface area (Å²) >= 11 is 0. The second-order valence-electron chi connectivity index (χ2n) is 25.7. The quantitative estimate of drug-likeness (QED) is 0.129. The molecule has 12 atom stereocenters. The van der Waals surface area contributed by atoms with E-state index < -0.39 is 156 Å². The van der Waals surface area contributed by atoms with Crippen LogP contribution in [-0.4, -0.2) is 215 Å². The average molecular weight is 1190 g/mol. The third-order valence-corrected chi connectivity index (χ3v) is 15.7. The maximum absolute atomic E-state index is 15.0. The number of likely N-dealkylation sites (N-methyl/N-ethyl adjacent to an activating group) is 6. The highest BCUT2D eigenvalue weighted by Gasteiger charge is 2.44. The Balaban J connectivity index is 4.26. The van der Waals surface area contributed by atoms with Crippen LogP contribution in [0.3, 0.4) is 0 Å². The van der Waals surface area contributed by atoms with E-state index in [1.54, 1.807) is 60.6 Å². The smallest absolute Gasteiger partial charge is 0.245 e. The fourth-order valence-electron chi connectivity index (χ4n) is 10.4. The minimum Gasteiger partial charge on any atom is -0.390 e. The molecule has 0 aliphatic carbocycles. The molecule has 0 spiro atoms. The molecule has 11 amide bonds. The number of aliphatic hydroxyl groups excluding tert-OH is 1. The van der Waals surface area contributed by atoms with Crippen LogP contribution in [0, 0.1) is 41.4 Å². The first kappa shape index (κ1) is 75.9. The van der Waals surface area contributed by atoms with E-state index in [-0.39, 0.29) is 55.8 Å². The maximum atomic E-state index is 15.0. The van der Waals surface area contributed by atoms with E-state index >= 15 is 0 Å². The van der Waals surface area contributed by atoms with Crippen molar-refractivity contribution < 1.29 is 57.8 Å². The summed E-state index contributed by atoms with van der Waals surface area (Å²) in [7, 11) is 8.52. The lowest BCUT2D eigenvalue weighted by molar-refractivity contribution is -0.154. The Bertz CT molecular complexity index is 2290. The van der Waals surface area contributed by atoms with Gasteiger partial charge in [-0.3, -0.25) is 52.7 Å². The van der Waals surface area contributed by atoms with Gasteiger partial charge in [0.25, 0.3) is 0 Å². The van der Waals surface area contributed by atoms with Gasteiger partial charge in [0.05, 0.1) is 12.6 Å². The first-order valence-corrected chi connectivity index (χ1v) is 30.2. The molecule has 84 heavy (non-hydrogen) atoms. The van der Waals surface area contributed by atoms with E-state index in [1.807, 2.05) is 55.4 Å². The van der Waals surface area contributed by atoms with Gasteiger partial charge in [0.1, 0.15) is 60.4 Å². The fraction of sp³-hybridized carbons (Fsp3) is 0.787. The number of amides is 11. The van der Waals surface area contributed by atoms with Crippen LogP contribution in [0.4, 0.5) is 0 Å². The third kappa shape index (κ3) is 21.7. The summed E-state index contributed by atoms with van der Waals surface area (Å²) in [6.45, 7) is 29.2. The Morgan fingerprint density at radius 1 is 0.464 bits per heavy atom. The van der Waals surface area contributed by atoms with Gasteiger partial charge in [0, 0.05) is 42.3 Å². The van der Waals surface area contributed by atoms with Crippen LogP contribution in [0.15, 0.2) is 12.2 Å². The molecule has 0 aromatic heterocycles. The number of allylic oxidation sites excluding steroid dienone is 2. The van der Waals surface area contributed by atoms with Crippen LogP contribution in [0.25, 0.3) is 0 Å². The summed E-state index contributed by atoms with van der Waals surface area (Å²) in [5, 5.41) is 25.5. The van der Waals surface area contributed by atoms with Gasteiger partial charge < -0.3 is 61.1 Å². The number of nitrogens with zero attached hydrogens (tertiary/aromatic N) is 6. The zero-order valence-electron chi connectivity index (χ0n) is 55.1. The highest BCUT2D eigenvalue weighted by molar-refractivity contribution is 5.99. The standard InChI is InChI=1S/C61H109N11O12/c1-24-26-27-39(15)51(74)49-55(78)64-42(25-2)58(81)67(18)32-47(73)68(19)43(28-33(3)4)54(77)65-48(37(11)12)61(84)69(20)44(29-34(5)6)53(76)62-40(16)52(75)63-41(17)57(80)70(21)45(30-35(7)8)59(82)71(22)46(31-36(9)10)60(83)72(23)50(38(13)14)56(79)66-49/h24,26,33-46,48-51,74H,25,27-32H2,1-23H3,(H,62,76)(H,63,75)(H,64,78)(H,65,77)(H,66,79)/b26-24+/t39-,40+,41-,42+,43-,44-,45+,46+,48-,49?,50+,51-/m1/s1. The molecule has 1 heterocycles. The van der Waals surface area contributed by atoms with Gasteiger partial charge in [-0.15, -0.1) is 0 Å². The summed E-state index contributed by atoms with van der Waals surface area (Å²) in [6.07, 6.45) is 2.99. The van der Waals surface area contributed by atoms with Crippen LogP contribution >= 0.6 is 0 Å². The van der Waals surface area contributed by atoms with Crippen molar-refractivity contribution in [3.63, 3.8) is 0 Å². The van der Waals surface area contributed by atoms with Crippen molar-refractivity contribution in [1.29, 1.82) is 0 Å². The van der Waals surface area contributed by atoms with E-state index in [4.69, 9.17) is 0 Å². The van der Waals surface area contributed by atoms with Crippen molar-refractivity contribution in [1.82, 2.24) is 56.0 Å². The van der Waals surface area contributed by atoms with Crippen LogP contribution < -0.4 is 26.6 Å². The predicted molar refractivity (Wildman–Crippen MR) is 324 cm³/mol. The van der Waals surface area contributed by atoms with Crippen LogP contribution in [0.2, 0.25) is 0 Å². The summed E-state index contributed by atoms with van der Waals surface area (Å²) in [4.78, 5) is 166. The largest absolute Gasteiger partial charge is 0.390 e. The van der Waals surface area contributed by atoms with E-state index in [1.165, 1.54) is 80.6 Å².